The van der Waals surface area contributed by atoms with Crippen molar-refractivity contribution in [1.82, 2.24) is 0 Å². The average Bonchev–Trinajstić information content (AvgIpc) is 2.27. The van der Waals surface area contributed by atoms with Crippen LogP contribution in [-0.2, 0) is 6.42 Å². The molecule has 0 atom stereocenters. The van der Waals surface area contributed by atoms with Crippen LogP contribution < -0.4 is 0 Å². The van der Waals surface area contributed by atoms with Crippen molar-refractivity contribution < 1.29 is 18.3 Å². The molecule has 5 heteroatoms. The summed E-state index contributed by atoms with van der Waals surface area (Å²) in [7, 11) is 0. The molecular weight excluding hydrogens is 321 g/mol. The molecule has 1 N–H and O–H groups in total. The van der Waals surface area contributed by atoms with Gasteiger partial charge in [0.05, 0.1) is 11.5 Å². The van der Waals surface area contributed by atoms with E-state index in [1.165, 1.54) is 0 Å². The molecule has 1 aromatic carbocycles. The van der Waals surface area contributed by atoms with Gasteiger partial charge in [-0.05, 0) is 43.4 Å². The standard InChI is InChI=1S/C14H16BrF3O/c15-12-3-1-2-10(8-12)9-13(19)6-4-11(5-7-13)14(16,17)18/h1-3,8,11,19H,4-7,9H2. The fourth-order valence-corrected chi connectivity index (χ4v) is 3.13. The molecular formula is C14H16BrF3O. The molecule has 1 fully saturated rings. The molecule has 1 aromatic rings. The first-order chi connectivity index (χ1) is 8.78. The minimum Gasteiger partial charge on any atom is -0.390 e. The topological polar surface area (TPSA) is 20.2 Å². The van der Waals surface area contributed by atoms with Crippen molar-refractivity contribution in [2.75, 3.05) is 0 Å². The normalized spacial score (nSPS) is 28.4. The summed E-state index contributed by atoms with van der Waals surface area (Å²) in [5, 5.41) is 10.4. The van der Waals surface area contributed by atoms with Gasteiger partial charge in [0.15, 0.2) is 0 Å². The van der Waals surface area contributed by atoms with E-state index in [2.05, 4.69) is 15.9 Å². The van der Waals surface area contributed by atoms with Gasteiger partial charge >= 0.3 is 6.18 Å². The van der Waals surface area contributed by atoms with E-state index < -0.39 is 17.7 Å². The lowest BCUT2D eigenvalue weighted by Gasteiger charge is -2.36. The van der Waals surface area contributed by atoms with Crippen molar-refractivity contribution in [2.45, 2.75) is 43.9 Å². The van der Waals surface area contributed by atoms with Gasteiger partial charge < -0.3 is 5.11 Å². The van der Waals surface area contributed by atoms with Crippen molar-refractivity contribution in [3.05, 3.63) is 34.3 Å². The van der Waals surface area contributed by atoms with Crippen molar-refractivity contribution in [3.63, 3.8) is 0 Å². The van der Waals surface area contributed by atoms with Crippen molar-refractivity contribution in [3.8, 4) is 0 Å². The van der Waals surface area contributed by atoms with Crippen LogP contribution in [0.4, 0.5) is 13.2 Å². The zero-order chi connectivity index (χ0) is 14.1. The third-order valence-corrected chi connectivity index (χ3v) is 4.29. The Labute approximate surface area is 119 Å². The highest BCUT2D eigenvalue weighted by Crippen LogP contribution is 2.42. The first-order valence-electron chi connectivity index (χ1n) is 6.32. The Kier molecular flexibility index (Phi) is 4.26. The minimum atomic E-state index is -4.13. The summed E-state index contributed by atoms with van der Waals surface area (Å²) in [4.78, 5) is 0. The predicted octanol–water partition coefficient (Wildman–Crippen LogP) is 4.48. The highest BCUT2D eigenvalue weighted by Gasteiger charge is 2.45. The van der Waals surface area contributed by atoms with Crippen LogP contribution in [0.3, 0.4) is 0 Å². The molecule has 2 rings (SSSR count). The molecule has 0 aromatic heterocycles. The third kappa shape index (κ3) is 3.96. The molecule has 0 saturated heterocycles. The molecule has 1 aliphatic rings. The van der Waals surface area contributed by atoms with Crippen LogP contribution in [0.1, 0.15) is 31.2 Å². The summed E-state index contributed by atoms with van der Waals surface area (Å²) >= 11 is 3.35. The monoisotopic (exact) mass is 336 g/mol. The second-order valence-corrected chi connectivity index (χ2v) is 6.26. The van der Waals surface area contributed by atoms with Crippen molar-refractivity contribution in [1.29, 1.82) is 0 Å². The molecule has 1 saturated carbocycles. The zero-order valence-corrected chi connectivity index (χ0v) is 12.0. The third-order valence-electron chi connectivity index (χ3n) is 3.80. The summed E-state index contributed by atoms with van der Waals surface area (Å²) in [5.74, 6) is -1.25. The van der Waals surface area contributed by atoms with Crippen molar-refractivity contribution in [2.24, 2.45) is 5.92 Å². The predicted molar refractivity (Wildman–Crippen MR) is 70.8 cm³/mol. The fourth-order valence-electron chi connectivity index (χ4n) is 2.69. The van der Waals surface area contributed by atoms with E-state index in [4.69, 9.17) is 0 Å². The van der Waals surface area contributed by atoms with E-state index in [-0.39, 0.29) is 25.7 Å². The summed E-state index contributed by atoms with van der Waals surface area (Å²) in [6, 6.07) is 7.53. The maximum atomic E-state index is 12.6. The van der Waals surface area contributed by atoms with Gasteiger partial charge in [-0.15, -0.1) is 0 Å². The molecule has 0 aliphatic heterocycles. The largest absolute Gasteiger partial charge is 0.391 e. The molecule has 0 amide bonds. The van der Waals surface area contributed by atoms with Gasteiger partial charge in [0.1, 0.15) is 0 Å². The van der Waals surface area contributed by atoms with Gasteiger partial charge in [-0.1, -0.05) is 28.1 Å². The van der Waals surface area contributed by atoms with Crippen LogP contribution in [-0.4, -0.2) is 16.9 Å². The first-order valence-corrected chi connectivity index (χ1v) is 7.11. The van der Waals surface area contributed by atoms with E-state index >= 15 is 0 Å². The number of halogens is 4. The van der Waals surface area contributed by atoms with E-state index in [1.54, 1.807) is 0 Å². The van der Waals surface area contributed by atoms with E-state index in [0.717, 1.165) is 10.0 Å². The molecule has 1 nitrogen and oxygen atoms in total. The average molecular weight is 337 g/mol. The van der Waals surface area contributed by atoms with Crippen LogP contribution in [0, 0.1) is 5.92 Å². The second kappa shape index (κ2) is 5.44. The maximum Gasteiger partial charge on any atom is 0.391 e. The Morgan fingerprint density at radius 2 is 1.89 bits per heavy atom. The molecule has 1 aliphatic carbocycles. The lowest BCUT2D eigenvalue weighted by Crippen LogP contribution is -2.39. The zero-order valence-electron chi connectivity index (χ0n) is 10.4. The van der Waals surface area contributed by atoms with Gasteiger partial charge in [0, 0.05) is 10.9 Å². The van der Waals surface area contributed by atoms with Crippen LogP contribution in [0.2, 0.25) is 0 Å². The lowest BCUT2D eigenvalue weighted by atomic mass is 9.75. The van der Waals surface area contributed by atoms with Gasteiger partial charge in [-0.2, -0.15) is 13.2 Å². The fraction of sp³-hybridized carbons (Fsp3) is 0.571. The highest BCUT2D eigenvalue weighted by atomic mass is 79.9. The number of aliphatic hydroxyl groups is 1. The summed E-state index contributed by atoms with van der Waals surface area (Å²) in [6.45, 7) is 0. The van der Waals surface area contributed by atoms with Gasteiger partial charge in [0.25, 0.3) is 0 Å². The summed E-state index contributed by atoms with van der Waals surface area (Å²) in [6.07, 6.45) is -3.25. The lowest BCUT2D eigenvalue weighted by molar-refractivity contribution is -0.192. The highest BCUT2D eigenvalue weighted by molar-refractivity contribution is 9.10. The Balaban J connectivity index is 1.99. The molecule has 0 spiro atoms. The van der Waals surface area contributed by atoms with Gasteiger partial charge in [-0.25, -0.2) is 0 Å². The number of benzene rings is 1. The quantitative estimate of drug-likeness (QED) is 0.844. The number of alkyl halides is 3. The number of hydrogen-bond acceptors (Lipinski definition) is 1. The molecule has 0 unspecified atom stereocenters. The first kappa shape index (κ1) is 14.9. The second-order valence-electron chi connectivity index (χ2n) is 5.35. The van der Waals surface area contributed by atoms with Gasteiger partial charge in [0.2, 0.25) is 0 Å². The minimum absolute atomic E-state index is 0.0218. The number of hydrogen-bond donors (Lipinski definition) is 1. The molecule has 106 valence electrons. The smallest absolute Gasteiger partial charge is 0.390 e. The maximum absolute atomic E-state index is 12.6. The molecule has 0 heterocycles. The van der Waals surface area contributed by atoms with E-state index in [0.29, 0.717) is 6.42 Å². The van der Waals surface area contributed by atoms with Crippen LogP contribution in [0.25, 0.3) is 0 Å². The summed E-state index contributed by atoms with van der Waals surface area (Å²) in [5.41, 5.74) is -0.0509. The van der Waals surface area contributed by atoms with Crippen LogP contribution in [0.5, 0.6) is 0 Å². The molecule has 0 bridgehead atoms. The van der Waals surface area contributed by atoms with Crippen molar-refractivity contribution >= 4 is 15.9 Å². The molecule has 19 heavy (non-hydrogen) atoms. The Morgan fingerprint density at radius 1 is 1.26 bits per heavy atom. The Morgan fingerprint density at radius 3 is 2.42 bits per heavy atom. The number of rotatable bonds is 2. The van der Waals surface area contributed by atoms with E-state index in [1.807, 2.05) is 24.3 Å². The SMILES string of the molecule is OC1(Cc2cccc(Br)c2)CCC(C(F)(F)F)CC1. The van der Waals surface area contributed by atoms with Crippen LogP contribution >= 0.6 is 15.9 Å². The summed E-state index contributed by atoms with van der Waals surface area (Å²) < 4.78 is 38.7. The Hall–Kier alpha value is -0.550. The Bertz CT molecular complexity index is 437. The van der Waals surface area contributed by atoms with Gasteiger partial charge in [-0.3, -0.25) is 0 Å². The van der Waals surface area contributed by atoms with E-state index in [9.17, 15) is 18.3 Å². The van der Waals surface area contributed by atoms with Crippen LogP contribution in [0.15, 0.2) is 28.7 Å². The molecule has 0 radical (unpaired) electrons.